The topological polar surface area (TPSA) is 50.5 Å². The summed E-state index contributed by atoms with van der Waals surface area (Å²) in [4.78, 5) is 2.26. The molecule has 1 aromatic rings. The number of hydrogen-bond donors (Lipinski definition) is 1. The third-order valence-corrected chi connectivity index (χ3v) is 3.73. The Bertz CT molecular complexity index is 378. The predicted octanol–water partition coefficient (Wildman–Crippen LogP) is 0.262. The number of hydrogen-bond acceptors (Lipinski definition) is 4. The van der Waals surface area contributed by atoms with Crippen molar-refractivity contribution in [2.75, 3.05) is 26.3 Å². The highest BCUT2D eigenvalue weighted by Gasteiger charge is 2.39. The standard InChI is InChI=1S/C10H14BrN3O2/c11-7-1-12-14(2-7)8-3-13(4-8)9-5-16-6-10(9)15/h1-2,8-10,15H,3-6H2. The highest BCUT2D eigenvalue weighted by atomic mass is 79.9. The van der Waals surface area contributed by atoms with E-state index in [4.69, 9.17) is 4.74 Å². The van der Waals surface area contributed by atoms with Gasteiger partial charge in [-0.05, 0) is 15.9 Å². The monoisotopic (exact) mass is 287 g/mol. The van der Waals surface area contributed by atoms with E-state index in [-0.39, 0.29) is 12.1 Å². The first-order valence-electron chi connectivity index (χ1n) is 5.43. The number of ether oxygens (including phenoxy) is 1. The van der Waals surface area contributed by atoms with E-state index in [1.807, 2.05) is 10.9 Å². The van der Waals surface area contributed by atoms with Crippen LogP contribution < -0.4 is 0 Å². The summed E-state index contributed by atoms with van der Waals surface area (Å²) < 4.78 is 8.23. The third-order valence-electron chi connectivity index (χ3n) is 3.33. The first kappa shape index (κ1) is 10.7. The van der Waals surface area contributed by atoms with Crippen LogP contribution in [0.15, 0.2) is 16.9 Å². The zero-order valence-corrected chi connectivity index (χ0v) is 10.4. The molecule has 2 unspecified atom stereocenters. The quantitative estimate of drug-likeness (QED) is 0.848. The molecule has 2 saturated heterocycles. The Balaban J connectivity index is 1.58. The fourth-order valence-corrected chi connectivity index (χ4v) is 2.62. The van der Waals surface area contributed by atoms with Gasteiger partial charge >= 0.3 is 0 Å². The maximum absolute atomic E-state index is 9.69. The molecule has 0 spiro atoms. The number of aliphatic hydroxyl groups excluding tert-OH is 1. The fourth-order valence-electron chi connectivity index (χ4n) is 2.32. The molecule has 0 saturated carbocycles. The summed E-state index contributed by atoms with van der Waals surface area (Å²) in [7, 11) is 0. The second-order valence-corrected chi connectivity index (χ2v) is 5.33. The smallest absolute Gasteiger partial charge is 0.0950 e. The Kier molecular flexibility index (Phi) is 2.75. The van der Waals surface area contributed by atoms with Crippen LogP contribution in [0, 0.1) is 0 Å². The molecule has 3 heterocycles. The first-order valence-corrected chi connectivity index (χ1v) is 6.23. The van der Waals surface area contributed by atoms with Crippen molar-refractivity contribution >= 4 is 15.9 Å². The Morgan fingerprint density at radius 2 is 2.25 bits per heavy atom. The number of likely N-dealkylation sites (tertiary alicyclic amines) is 1. The van der Waals surface area contributed by atoms with Crippen LogP contribution in [0.1, 0.15) is 6.04 Å². The molecule has 0 amide bonds. The van der Waals surface area contributed by atoms with E-state index in [0.717, 1.165) is 17.6 Å². The molecule has 3 rings (SSSR count). The summed E-state index contributed by atoms with van der Waals surface area (Å²) in [6, 6.07) is 0.606. The minimum absolute atomic E-state index is 0.176. The SMILES string of the molecule is OC1COCC1N1CC(n2cc(Br)cn2)C1. The van der Waals surface area contributed by atoms with Gasteiger partial charge in [0, 0.05) is 19.3 Å². The lowest BCUT2D eigenvalue weighted by atomic mass is 10.0. The largest absolute Gasteiger partial charge is 0.389 e. The number of rotatable bonds is 2. The molecule has 0 radical (unpaired) electrons. The molecule has 1 aromatic heterocycles. The second-order valence-electron chi connectivity index (χ2n) is 4.42. The van der Waals surface area contributed by atoms with Crippen molar-refractivity contribution in [2.45, 2.75) is 18.2 Å². The van der Waals surface area contributed by atoms with Gasteiger partial charge in [-0.15, -0.1) is 0 Å². The number of aliphatic hydroxyl groups is 1. The molecule has 88 valence electrons. The number of aromatic nitrogens is 2. The van der Waals surface area contributed by atoms with Crippen molar-refractivity contribution in [1.29, 1.82) is 0 Å². The summed E-state index contributed by atoms with van der Waals surface area (Å²) in [5.41, 5.74) is 0. The van der Waals surface area contributed by atoms with Crippen LogP contribution in [-0.4, -0.2) is 58.2 Å². The van der Waals surface area contributed by atoms with Crippen molar-refractivity contribution in [3.63, 3.8) is 0 Å². The molecule has 6 heteroatoms. The summed E-state index contributed by atoms with van der Waals surface area (Å²) in [6.45, 7) is 3.01. The lowest BCUT2D eigenvalue weighted by molar-refractivity contribution is 0.00745. The number of halogens is 1. The summed E-state index contributed by atoms with van der Waals surface area (Å²) in [5, 5.41) is 14.0. The molecule has 5 nitrogen and oxygen atoms in total. The average Bonchev–Trinajstić information content (AvgIpc) is 2.75. The molecular formula is C10H14BrN3O2. The lowest BCUT2D eigenvalue weighted by Crippen LogP contribution is -2.56. The van der Waals surface area contributed by atoms with E-state index >= 15 is 0 Å². The Morgan fingerprint density at radius 3 is 2.81 bits per heavy atom. The molecule has 0 aliphatic carbocycles. The Hall–Kier alpha value is -0.430. The highest BCUT2D eigenvalue weighted by molar-refractivity contribution is 9.10. The van der Waals surface area contributed by atoms with Crippen molar-refractivity contribution in [1.82, 2.24) is 14.7 Å². The van der Waals surface area contributed by atoms with E-state index in [2.05, 4.69) is 25.9 Å². The summed E-state index contributed by atoms with van der Waals surface area (Å²) in [5.74, 6) is 0. The normalized spacial score (nSPS) is 31.9. The molecule has 16 heavy (non-hydrogen) atoms. The van der Waals surface area contributed by atoms with Gasteiger partial charge in [0.25, 0.3) is 0 Å². The van der Waals surface area contributed by atoms with Crippen LogP contribution >= 0.6 is 15.9 Å². The van der Waals surface area contributed by atoms with Crippen LogP contribution in [0.5, 0.6) is 0 Å². The van der Waals surface area contributed by atoms with Crippen LogP contribution in [-0.2, 0) is 4.74 Å². The van der Waals surface area contributed by atoms with Gasteiger partial charge in [-0.25, -0.2) is 0 Å². The predicted molar refractivity (Wildman–Crippen MR) is 61.2 cm³/mol. The summed E-state index contributed by atoms with van der Waals surface area (Å²) in [6.07, 6.45) is 3.46. The average molecular weight is 288 g/mol. The van der Waals surface area contributed by atoms with Crippen LogP contribution in [0.25, 0.3) is 0 Å². The summed E-state index contributed by atoms with van der Waals surface area (Å²) >= 11 is 3.39. The zero-order valence-electron chi connectivity index (χ0n) is 8.79. The van der Waals surface area contributed by atoms with Gasteiger partial charge in [-0.3, -0.25) is 9.58 Å². The van der Waals surface area contributed by atoms with E-state index < -0.39 is 0 Å². The van der Waals surface area contributed by atoms with Crippen LogP contribution in [0.4, 0.5) is 0 Å². The molecule has 1 N–H and O–H groups in total. The maximum Gasteiger partial charge on any atom is 0.0950 e. The van der Waals surface area contributed by atoms with Gasteiger partial charge in [0.15, 0.2) is 0 Å². The minimum atomic E-state index is -0.328. The van der Waals surface area contributed by atoms with Gasteiger partial charge in [0.1, 0.15) is 0 Å². The third kappa shape index (κ3) is 1.79. The maximum atomic E-state index is 9.69. The van der Waals surface area contributed by atoms with Gasteiger partial charge in [-0.1, -0.05) is 0 Å². The fraction of sp³-hybridized carbons (Fsp3) is 0.700. The van der Waals surface area contributed by atoms with Gasteiger partial charge < -0.3 is 9.84 Å². The zero-order chi connectivity index (χ0) is 11.1. The number of nitrogens with zero attached hydrogens (tertiary/aromatic N) is 3. The Morgan fingerprint density at radius 1 is 1.44 bits per heavy atom. The molecule has 2 atom stereocenters. The van der Waals surface area contributed by atoms with Crippen molar-refractivity contribution in [2.24, 2.45) is 0 Å². The van der Waals surface area contributed by atoms with Crippen molar-refractivity contribution in [3.05, 3.63) is 16.9 Å². The molecule has 2 fully saturated rings. The Labute approximate surface area is 102 Å². The second kappa shape index (κ2) is 4.10. The van der Waals surface area contributed by atoms with E-state index in [0.29, 0.717) is 19.3 Å². The molecule has 0 aromatic carbocycles. The lowest BCUT2D eigenvalue weighted by Gasteiger charge is -2.43. The van der Waals surface area contributed by atoms with Gasteiger partial charge in [0.2, 0.25) is 0 Å². The van der Waals surface area contributed by atoms with E-state index in [1.165, 1.54) is 0 Å². The first-order chi connectivity index (χ1) is 7.74. The van der Waals surface area contributed by atoms with Crippen LogP contribution in [0.2, 0.25) is 0 Å². The van der Waals surface area contributed by atoms with E-state index in [1.54, 1.807) is 6.20 Å². The molecule has 2 aliphatic heterocycles. The molecular weight excluding hydrogens is 274 g/mol. The van der Waals surface area contributed by atoms with Crippen LogP contribution in [0.3, 0.4) is 0 Å². The minimum Gasteiger partial charge on any atom is -0.389 e. The van der Waals surface area contributed by atoms with Gasteiger partial charge in [-0.2, -0.15) is 5.10 Å². The molecule has 0 bridgehead atoms. The molecule has 2 aliphatic rings. The van der Waals surface area contributed by atoms with Crippen molar-refractivity contribution < 1.29 is 9.84 Å². The van der Waals surface area contributed by atoms with Gasteiger partial charge in [0.05, 0.1) is 42.1 Å². The van der Waals surface area contributed by atoms with Crippen molar-refractivity contribution in [3.8, 4) is 0 Å². The van der Waals surface area contributed by atoms with E-state index in [9.17, 15) is 5.11 Å². The highest BCUT2D eigenvalue weighted by Crippen LogP contribution is 2.27.